The molecule has 1 aliphatic rings. The number of carbonyl (C=O) groups is 3. The molecule has 132 valence electrons. The Labute approximate surface area is 160 Å². The van der Waals surface area contributed by atoms with E-state index < -0.39 is 17.8 Å². The number of barbiturate groups is 1. The fourth-order valence-corrected chi connectivity index (χ4v) is 3.79. The van der Waals surface area contributed by atoms with Gasteiger partial charge in [-0.15, -0.1) is 0 Å². The van der Waals surface area contributed by atoms with Gasteiger partial charge >= 0.3 is 6.03 Å². The number of nitrogens with zero attached hydrogens (tertiary/aromatic N) is 2. The first-order valence-corrected chi connectivity index (χ1v) is 10.1. The highest BCUT2D eigenvalue weighted by molar-refractivity contribution is 7.98. The number of urea groups is 1. The number of imide groups is 2. The molecule has 1 heterocycles. The van der Waals surface area contributed by atoms with E-state index in [0.717, 1.165) is 43.6 Å². The summed E-state index contributed by atoms with van der Waals surface area (Å²) in [5.74, 6) is -1.19. The molecule has 1 aliphatic heterocycles. The smallest absolute Gasteiger partial charge is 0.267 e. The average Bonchev–Trinajstić information content (AvgIpc) is 2.67. The summed E-state index contributed by atoms with van der Waals surface area (Å²) in [6.45, 7) is 0. The molecule has 2 aromatic carbocycles. The Kier molecular flexibility index (Phi) is 5.49. The normalized spacial score (nSPS) is 14.8. The second kappa shape index (κ2) is 7.80. The van der Waals surface area contributed by atoms with Crippen LogP contribution in [0.3, 0.4) is 0 Å². The van der Waals surface area contributed by atoms with Crippen molar-refractivity contribution in [3.05, 3.63) is 77.4 Å². The molecule has 0 unspecified atom stereocenters. The lowest BCUT2D eigenvalue weighted by molar-refractivity contribution is -0.129. The zero-order valence-electron chi connectivity index (χ0n) is 14.2. The maximum absolute atomic E-state index is 13.0. The molecular weight excluding hydrogens is 368 g/mol. The van der Waals surface area contributed by atoms with Crippen molar-refractivity contribution in [3.8, 4) is 0 Å². The minimum absolute atomic E-state index is 0.00861. The van der Waals surface area contributed by atoms with Crippen LogP contribution in [0.1, 0.15) is 11.1 Å². The number of carbonyl (C=O) groups excluding carboxylic acids is 3. The Morgan fingerprint density at radius 2 is 1.08 bits per heavy atom. The van der Waals surface area contributed by atoms with Gasteiger partial charge in [0.1, 0.15) is 5.57 Å². The highest BCUT2D eigenvalue weighted by Gasteiger charge is 2.44. The van der Waals surface area contributed by atoms with Crippen LogP contribution in [0.2, 0.25) is 0 Å². The second-order valence-corrected chi connectivity index (χ2v) is 6.79. The Morgan fingerprint density at radius 1 is 0.692 bits per heavy atom. The third-order valence-electron chi connectivity index (χ3n) is 3.88. The molecule has 26 heavy (non-hydrogen) atoms. The minimum Gasteiger partial charge on any atom is -0.267 e. The summed E-state index contributed by atoms with van der Waals surface area (Å²) in [6.07, 6.45) is 3.26. The maximum Gasteiger partial charge on any atom is 0.354 e. The zero-order valence-corrected chi connectivity index (χ0v) is 15.8. The molecule has 0 atom stereocenters. The topological polar surface area (TPSA) is 57.7 Å². The van der Waals surface area contributed by atoms with Crippen LogP contribution in [0, 0.1) is 0 Å². The van der Waals surface area contributed by atoms with Crippen molar-refractivity contribution in [3.63, 3.8) is 0 Å². The number of amides is 4. The molecule has 5 nitrogen and oxygen atoms in total. The van der Waals surface area contributed by atoms with E-state index in [1.54, 1.807) is 12.5 Å². The van der Waals surface area contributed by atoms with Crippen molar-refractivity contribution >= 4 is 47.3 Å². The van der Waals surface area contributed by atoms with Crippen LogP contribution in [0.25, 0.3) is 5.57 Å². The van der Waals surface area contributed by atoms with Gasteiger partial charge in [-0.1, -0.05) is 60.7 Å². The molecule has 0 N–H and O–H groups in total. The van der Waals surface area contributed by atoms with E-state index in [4.69, 9.17) is 0 Å². The molecule has 0 spiro atoms. The quantitative estimate of drug-likeness (QED) is 0.455. The van der Waals surface area contributed by atoms with Crippen molar-refractivity contribution in [1.82, 2.24) is 8.61 Å². The van der Waals surface area contributed by atoms with E-state index in [0.29, 0.717) is 5.57 Å². The van der Waals surface area contributed by atoms with Gasteiger partial charge in [0.2, 0.25) is 0 Å². The molecule has 3 rings (SSSR count). The summed E-state index contributed by atoms with van der Waals surface area (Å²) >= 11 is 1.98. The third-order valence-corrected chi connectivity index (χ3v) is 5.26. The number of benzene rings is 2. The van der Waals surface area contributed by atoms with Crippen LogP contribution >= 0.6 is 23.9 Å². The van der Waals surface area contributed by atoms with Crippen molar-refractivity contribution in [1.29, 1.82) is 0 Å². The summed E-state index contributed by atoms with van der Waals surface area (Å²) in [5, 5.41) is 0. The van der Waals surface area contributed by atoms with Crippen molar-refractivity contribution in [2.45, 2.75) is 0 Å². The Morgan fingerprint density at radius 3 is 1.42 bits per heavy atom. The molecule has 7 heteroatoms. The van der Waals surface area contributed by atoms with E-state index in [2.05, 4.69) is 0 Å². The van der Waals surface area contributed by atoms with E-state index in [-0.39, 0.29) is 5.57 Å². The van der Waals surface area contributed by atoms with E-state index in [1.165, 1.54) is 0 Å². The fourth-order valence-electron chi connectivity index (χ4n) is 2.75. The van der Waals surface area contributed by atoms with Gasteiger partial charge in [-0.2, -0.15) is 8.61 Å². The second-order valence-electron chi connectivity index (χ2n) is 5.33. The predicted octanol–water partition coefficient (Wildman–Crippen LogP) is 3.84. The lowest BCUT2D eigenvalue weighted by Gasteiger charge is -2.31. The van der Waals surface area contributed by atoms with Gasteiger partial charge in [0, 0.05) is 18.1 Å². The summed E-state index contributed by atoms with van der Waals surface area (Å²) < 4.78 is 2.03. The Hall–Kier alpha value is -2.51. The predicted molar refractivity (Wildman–Crippen MR) is 105 cm³/mol. The van der Waals surface area contributed by atoms with Crippen LogP contribution in [-0.2, 0) is 9.59 Å². The molecule has 0 aliphatic carbocycles. The van der Waals surface area contributed by atoms with Crippen LogP contribution in [0.4, 0.5) is 4.79 Å². The first-order valence-electron chi connectivity index (χ1n) is 7.76. The van der Waals surface area contributed by atoms with E-state index in [9.17, 15) is 14.4 Å². The van der Waals surface area contributed by atoms with Crippen LogP contribution in [0.15, 0.2) is 66.2 Å². The van der Waals surface area contributed by atoms with Crippen LogP contribution in [0.5, 0.6) is 0 Å². The standard InChI is InChI=1S/C19H16N2O3S2/c1-25-20-17(22)16(18(23)21(26-2)19(20)24)15(13-9-5-3-6-10-13)14-11-7-4-8-12-14/h3-12H,1-2H3. The van der Waals surface area contributed by atoms with Gasteiger partial charge in [0.05, 0.1) is 0 Å². The molecular formula is C19H16N2O3S2. The SMILES string of the molecule is CSN1C(=O)C(=C(c2ccccc2)c2ccccc2)C(=O)N(SC)C1=O. The molecule has 1 fully saturated rings. The van der Waals surface area contributed by atoms with Crippen molar-refractivity contribution < 1.29 is 14.4 Å². The van der Waals surface area contributed by atoms with Gasteiger partial charge in [-0.05, 0) is 35.0 Å². The van der Waals surface area contributed by atoms with Gasteiger partial charge in [0.25, 0.3) is 11.8 Å². The number of rotatable bonds is 4. The summed E-state index contributed by atoms with van der Waals surface area (Å²) in [4.78, 5) is 38.4. The number of hydrogen-bond acceptors (Lipinski definition) is 5. The molecule has 0 aromatic heterocycles. The van der Waals surface area contributed by atoms with Crippen LogP contribution < -0.4 is 0 Å². The summed E-state index contributed by atoms with van der Waals surface area (Å²) in [6, 6.07) is 17.9. The first kappa shape index (κ1) is 18.3. The van der Waals surface area contributed by atoms with Gasteiger partial charge in [0.15, 0.2) is 0 Å². The molecule has 2 aromatic rings. The number of hydrogen-bond donors (Lipinski definition) is 0. The molecule has 0 bridgehead atoms. The fraction of sp³-hybridized carbons (Fsp3) is 0.105. The first-order chi connectivity index (χ1) is 12.6. The molecule has 0 radical (unpaired) electrons. The van der Waals surface area contributed by atoms with Gasteiger partial charge in [-0.3, -0.25) is 9.59 Å². The van der Waals surface area contributed by atoms with Gasteiger partial charge in [-0.25, -0.2) is 4.79 Å². The lowest BCUT2D eigenvalue weighted by atomic mass is 9.91. The molecule has 4 amide bonds. The lowest BCUT2D eigenvalue weighted by Crippen LogP contribution is -2.50. The zero-order chi connectivity index (χ0) is 18.7. The largest absolute Gasteiger partial charge is 0.354 e. The highest BCUT2D eigenvalue weighted by Crippen LogP contribution is 2.34. The molecule has 0 saturated carbocycles. The van der Waals surface area contributed by atoms with Crippen molar-refractivity contribution in [2.24, 2.45) is 0 Å². The highest BCUT2D eigenvalue weighted by atomic mass is 32.2. The molecule has 1 saturated heterocycles. The summed E-state index contributed by atoms with van der Waals surface area (Å²) in [5.41, 5.74) is 2.00. The Bertz CT molecular complexity index is 813. The van der Waals surface area contributed by atoms with E-state index in [1.807, 2.05) is 60.7 Å². The van der Waals surface area contributed by atoms with Crippen molar-refractivity contribution in [2.75, 3.05) is 12.5 Å². The van der Waals surface area contributed by atoms with Gasteiger partial charge < -0.3 is 0 Å². The Balaban J connectivity index is 2.31. The average molecular weight is 384 g/mol. The minimum atomic E-state index is -0.635. The third kappa shape index (κ3) is 3.15. The monoisotopic (exact) mass is 384 g/mol. The van der Waals surface area contributed by atoms with Crippen LogP contribution in [-0.4, -0.2) is 39.0 Å². The summed E-state index contributed by atoms with van der Waals surface area (Å²) in [7, 11) is 0. The maximum atomic E-state index is 13.0. The van der Waals surface area contributed by atoms with E-state index >= 15 is 0 Å².